The van der Waals surface area contributed by atoms with Gasteiger partial charge in [0.15, 0.2) is 5.58 Å². The molecule has 3 rings (SSSR count). The number of aryl methyl sites for hydroxylation is 1. The van der Waals surface area contributed by atoms with E-state index in [1.807, 2.05) is 30.3 Å². The maximum Gasteiger partial charge on any atom is 0.269 e. The van der Waals surface area contributed by atoms with E-state index >= 15 is 0 Å². The molecular formula is C17H20N4O2. The van der Waals surface area contributed by atoms with Crippen molar-refractivity contribution in [3.8, 4) is 0 Å². The number of benzene rings is 1. The van der Waals surface area contributed by atoms with Crippen LogP contribution in [0.2, 0.25) is 0 Å². The molecule has 2 aromatic heterocycles. The zero-order valence-electron chi connectivity index (χ0n) is 13.8. The Hall–Kier alpha value is -2.63. The lowest BCUT2D eigenvalue weighted by atomic mass is 9.92. The van der Waals surface area contributed by atoms with Gasteiger partial charge in [-0.1, -0.05) is 38.1 Å². The van der Waals surface area contributed by atoms with Gasteiger partial charge in [-0.05, 0) is 18.2 Å². The zero-order valence-corrected chi connectivity index (χ0v) is 13.8. The van der Waals surface area contributed by atoms with Crippen LogP contribution in [0.3, 0.4) is 0 Å². The Morgan fingerprint density at radius 1 is 1.30 bits per heavy atom. The highest BCUT2D eigenvalue weighted by atomic mass is 16.5. The lowest BCUT2D eigenvalue weighted by molar-refractivity contribution is 0.0941. The topological polar surface area (TPSA) is 73.0 Å². The summed E-state index contributed by atoms with van der Waals surface area (Å²) < 4.78 is 6.85. The molecule has 1 amide bonds. The molecule has 0 bridgehead atoms. The summed E-state index contributed by atoms with van der Waals surface area (Å²) in [6, 6.07) is 9.41. The predicted molar refractivity (Wildman–Crippen MR) is 87.1 cm³/mol. The third-order valence-electron chi connectivity index (χ3n) is 3.75. The maximum absolute atomic E-state index is 12.4. The Bertz CT molecular complexity index is 855. The van der Waals surface area contributed by atoms with Gasteiger partial charge in [-0.3, -0.25) is 9.48 Å². The van der Waals surface area contributed by atoms with Crippen LogP contribution in [0.5, 0.6) is 0 Å². The molecule has 0 saturated carbocycles. The smallest absolute Gasteiger partial charge is 0.269 e. The molecule has 0 aliphatic rings. The Labute approximate surface area is 134 Å². The Morgan fingerprint density at radius 2 is 2.04 bits per heavy atom. The van der Waals surface area contributed by atoms with Crippen molar-refractivity contribution in [3.63, 3.8) is 0 Å². The van der Waals surface area contributed by atoms with Crippen LogP contribution in [-0.4, -0.2) is 20.8 Å². The van der Waals surface area contributed by atoms with E-state index in [0.29, 0.717) is 23.5 Å². The highest BCUT2D eigenvalue weighted by Gasteiger charge is 2.21. The number of nitrogens with one attached hydrogen (secondary N) is 1. The van der Waals surface area contributed by atoms with Crippen LogP contribution in [0.1, 0.15) is 42.6 Å². The molecule has 1 aromatic carbocycles. The van der Waals surface area contributed by atoms with Crippen molar-refractivity contribution in [2.24, 2.45) is 7.05 Å². The number of nitrogens with zero attached hydrogens (tertiary/aromatic N) is 3. The fourth-order valence-electron chi connectivity index (χ4n) is 2.37. The molecule has 0 atom stereocenters. The summed E-state index contributed by atoms with van der Waals surface area (Å²) in [6.07, 6.45) is 0. The van der Waals surface area contributed by atoms with Gasteiger partial charge >= 0.3 is 0 Å². The maximum atomic E-state index is 12.4. The number of carbonyl (C=O) groups is 1. The van der Waals surface area contributed by atoms with Crippen molar-refractivity contribution >= 4 is 16.9 Å². The van der Waals surface area contributed by atoms with Crippen LogP contribution in [0.15, 0.2) is 34.9 Å². The molecule has 3 aromatic rings. The van der Waals surface area contributed by atoms with E-state index in [9.17, 15) is 4.79 Å². The van der Waals surface area contributed by atoms with Crippen molar-refractivity contribution in [1.29, 1.82) is 0 Å². The Kier molecular flexibility index (Phi) is 3.67. The van der Waals surface area contributed by atoms with Crippen molar-refractivity contribution < 1.29 is 9.32 Å². The normalized spacial score (nSPS) is 11.8. The summed E-state index contributed by atoms with van der Waals surface area (Å²) in [4.78, 5) is 12.4. The summed E-state index contributed by atoms with van der Waals surface area (Å²) >= 11 is 0. The SMILES string of the molecule is Cn1nc(C(C)(C)C)cc1C(=O)NCc1noc2ccccc12. The van der Waals surface area contributed by atoms with E-state index in [0.717, 1.165) is 11.1 Å². The summed E-state index contributed by atoms with van der Waals surface area (Å²) in [5, 5.41) is 12.2. The van der Waals surface area contributed by atoms with E-state index in [1.165, 1.54) is 0 Å². The molecule has 0 fully saturated rings. The number of para-hydroxylation sites is 1. The first kappa shape index (κ1) is 15.3. The standard InChI is InChI=1S/C17H20N4O2/c1-17(2,3)15-9-13(21(4)19-15)16(22)18-10-12-11-7-5-6-8-14(11)23-20-12/h5-9H,10H2,1-4H3,(H,18,22). The van der Waals surface area contributed by atoms with Gasteiger partial charge in [0.2, 0.25) is 0 Å². The quantitative estimate of drug-likeness (QED) is 0.807. The van der Waals surface area contributed by atoms with Crippen LogP contribution in [0.4, 0.5) is 0 Å². The van der Waals surface area contributed by atoms with E-state index < -0.39 is 0 Å². The number of hydrogen-bond donors (Lipinski definition) is 1. The summed E-state index contributed by atoms with van der Waals surface area (Å²) in [7, 11) is 1.77. The van der Waals surface area contributed by atoms with E-state index in [1.54, 1.807) is 11.7 Å². The van der Waals surface area contributed by atoms with Crippen LogP contribution >= 0.6 is 0 Å². The average Bonchev–Trinajstić information content (AvgIpc) is 3.08. The zero-order chi connectivity index (χ0) is 16.6. The molecule has 0 radical (unpaired) electrons. The molecule has 1 N–H and O–H groups in total. The van der Waals surface area contributed by atoms with Gasteiger partial charge in [0.25, 0.3) is 5.91 Å². The second-order valence-corrected chi connectivity index (χ2v) is 6.60. The van der Waals surface area contributed by atoms with Gasteiger partial charge in [0, 0.05) is 17.8 Å². The minimum absolute atomic E-state index is 0.0986. The molecule has 6 nitrogen and oxygen atoms in total. The van der Waals surface area contributed by atoms with Crippen molar-refractivity contribution in [1.82, 2.24) is 20.3 Å². The fourth-order valence-corrected chi connectivity index (χ4v) is 2.37. The Balaban J connectivity index is 1.76. The minimum Gasteiger partial charge on any atom is -0.356 e. The minimum atomic E-state index is -0.178. The van der Waals surface area contributed by atoms with E-state index in [-0.39, 0.29) is 11.3 Å². The van der Waals surface area contributed by atoms with Crippen LogP contribution in [0, 0.1) is 0 Å². The molecule has 2 heterocycles. The number of fused-ring (bicyclic) bond motifs is 1. The molecule has 120 valence electrons. The van der Waals surface area contributed by atoms with Gasteiger partial charge in [0.05, 0.1) is 12.2 Å². The molecular weight excluding hydrogens is 292 g/mol. The van der Waals surface area contributed by atoms with Crippen molar-refractivity contribution in [2.75, 3.05) is 0 Å². The third-order valence-corrected chi connectivity index (χ3v) is 3.75. The molecule has 0 aliphatic carbocycles. The first-order valence-electron chi connectivity index (χ1n) is 7.52. The first-order valence-corrected chi connectivity index (χ1v) is 7.52. The molecule has 6 heteroatoms. The lowest BCUT2D eigenvalue weighted by Gasteiger charge is -2.13. The number of rotatable bonds is 3. The van der Waals surface area contributed by atoms with Gasteiger partial charge in [-0.25, -0.2) is 0 Å². The Morgan fingerprint density at radius 3 is 2.74 bits per heavy atom. The number of carbonyl (C=O) groups excluding carboxylic acids is 1. The summed E-state index contributed by atoms with van der Waals surface area (Å²) in [6.45, 7) is 6.52. The number of aromatic nitrogens is 3. The van der Waals surface area contributed by atoms with E-state index in [2.05, 4.69) is 36.3 Å². The average molecular weight is 312 g/mol. The van der Waals surface area contributed by atoms with Crippen LogP contribution in [0.25, 0.3) is 11.0 Å². The second-order valence-electron chi connectivity index (χ2n) is 6.60. The van der Waals surface area contributed by atoms with Gasteiger partial charge in [0.1, 0.15) is 11.4 Å². The predicted octanol–water partition coefficient (Wildman–Crippen LogP) is 2.79. The summed E-state index contributed by atoms with van der Waals surface area (Å²) in [5.41, 5.74) is 2.75. The highest BCUT2D eigenvalue weighted by molar-refractivity contribution is 5.93. The molecule has 0 unspecified atom stereocenters. The number of hydrogen-bond acceptors (Lipinski definition) is 4. The van der Waals surface area contributed by atoms with Gasteiger partial charge < -0.3 is 9.84 Å². The van der Waals surface area contributed by atoms with E-state index in [4.69, 9.17) is 4.52 Å². The molecule has 23 heavy (non-hydrogen) atoms. The fraction of sp³-hybridized carbons (Fsp3) is 0.353. The van der Waals surface area contributed by atoms with Gasteiger partial charge in [-0.2, -0.15) is 5.10 Å². The largest absolute Gasteiger partial charge is 0.356 e. The second kappa shape index (κ2) is 5.53. The molecule has 0 spiro atoms. The lowest BCUT2D eigenvalue weighted by Crippen LogP contribution is -2.25. The highest BCUT2D eigenvalue weighted by Crippen LogP contribution is 2.21. The monoisotopic (exact) mass is 312 g/mol. The summed E-state index contributed by atoms with van der Waals surface area (Å²) in [5.74, 6) is -0.178. The van der Waals surface area contributed by atoms with Crippen LogP contribution < -0.4 is 5.32 Å². The molecule has 0 saturated heterocycles. The van der Waals surface area contributed by atoms with Crippen molar-refractivity contribution in [3.05, 3.63) is 47.4 Å². The van der Waals surface area contributed by atoms with Crippen LogP contribution in [-0.2, 0) is 19.0 Å². The number of amides is 1. The van der Waals surface area contributed by atoms with Crippen molar-refractivity contribution in [2.45, 2.75) is 32.7 Å². The van der Waals surface area contributed by atoms with Gasteiger partial charge in [-0.15, -0.1) is 0 Å². The first-order chi connectivity index (χ1) is 10.9. The third kappa shape index (κ3) is 2.97. The molecule has 0 aliphatic heterocycles.